The van der Waals surface area contributed by atoms with Crippen molar-refractivity contribution in [1.29, 1.82) is 0 Å². The molecule has 2 aromatic carbocycles. The second kappa shape index (κ2) is 8.08. The maximum absolute atomic E-state index is 12.8. The van der Waals surface area contributed by atoms with Crippen LogP contribution >= 0.6 is 0 Å². The van der Waals surface area contributed by atoms with Gasteiger partial charge in [-0.1, -0.05) is 30.3 Å². The van der Waals surface area contributed by atoms with E-state index in [0.29, 0.717) is 12.1 Å². The number of benzene rings is 2. The molecule has 0 saturated carbocycles. The first-order valence-corrected chi connectivity index (χ1v) is 7.24. The Bertz CT molecular complexity index is 623. The summed E-state index contributed by atoms with van der Waals surface area (Å²) in [5, 5.41) is 2.80. The standard InChI is InChI=1S/C18H18FNO2/c19-16-8-6-15(7-9-16)17(21)10-11-18(22)20-13-12-14-4-2-1-3-5-14/h1-9H,10-13H2,(H,20,22). The third-order valence-corrected chi connectivity index (χ3v) is 3.32. The van der Waals surface area contributed by atoms with Crippen molar-refractivity contribution in [2.75, 3.05) is 6.54 Å². The lowest BCUT2D eigenvalue weighted by atomic mass is 10.1. The molecule has 0 bridgehead atoms. The van der Waals surface area contributed by atoms with Gasteiger partial charge in [0, 0.05) is 24.9 Å². The van der Waals surface area contributed by atoms with E-state index in [1.54, 1.807) is 0 Å². The van der Waals surface area contributed by atoms with Gasteiger partial charge < -0.3 is 5.32 Å². The predicted octanol–water partition coefficient (Wildman–Crippen LogP) is 3.15. The molecule has 0 unspecified atom stereocenters. The van der Waals surface area contributed by atoms with Gasteiger partial charge in [0.1, 0.15) is 5.82 Å². The first-order chi connectivity index (χ1) is 10.6. The monoisotopic (exact) mass is 299 g/mol. The summed E-state index contributed by atoms with van der Waals surface area (Å²) in [6, 6.07) is 15.2. The summed E-state index contributed by atoms with van der Waals surface area (Å²) in [6.45, 7) is 0.549. The van der Waals surface area contributed by atoms with E-state index >= 15 is 0 Å². The Kier molecular flexibility index (Phi) is 5.83. The summed E-state index contributed by atoms with van der Waals surface area (Å²) >= 11 is 0. The molecule has 0 atom stereocenters. The van der Waals surface area contributed by atoms with Crippen LogP contribution in [-0.4, -0.2) is 18.2 Å². The average molecular weight is 299 g/mol. The van der Waals surface area contributed by atoms with Gasteiger partial charge in [0.25, 0.3) is 0 Å². The zero-order valence-electron chi connectivity index (χ0n) is 12.2. The van der Waals surface area contributed by atoms with E-state index in [1.165, 1.54) is 24.3 Å². The topological polar surface area (TPSA) is 46.2 Å². The molecular formula is C18H18FNO2. The molecule has 4 heteroatoms. The molecule has 2 aromatic rings. The maximum atomic E-state index is 12.8. The van der Waals surface area contributed by atoms with Crippen LogP contribution < -0.4 is 5.32 Å². The lowest BCUT2D eigenvalue weighted by Gasteiger charge is -2.05. The predicted molar refractivity (Wildman–Crippen MR) is 83.1 cm³/mol. The molecule has 0 aliphatic carbocycles. The Hall–Kier alpha value is -2.49. The zero-order chi connectivity index (χ0) is 15.8. The van der Waals surface area contributed by atoms with E-state index in [0.717, 1.165) is 12.0 Å². The Morgan fingerprint density at radius 1 is 0.909 bits per heavy atom. The molecule has 0 aliphatic rings. The minimum atomic E-state index is -0.379. The van der Waals surface area contributed by atoms with Crippen LogP contribution in [0.1, 0.15) is 28.8 Å². The van der Waals surface area contributed by atoms with Gasteiger partial charge in [-0.2, -0.15) is 0 Å². The lowest BCUT2D eigenvalue weighted by molar-refractivity contribution is -0.121. The second-order valence-electron chi connectivity index (χ2n) is 5.02. The molecule has 1 amide bonds. The van der Waals surface area contributed by atoms with Crippen LogP contribution in [0.4, 0.5) is 4.39 Å². The van der Waals surface area contributed by atoms with Crippen LogP contribution in [0.3, 0.4) is 0 Å². The van der Waals surface area contributed by atoms with Gasteiger partial charge in [0.05, 0.1) is 0 Å². The normalized spacial score (nSPS) is 10.2. The number of Topliss-reactive ketones (excluding diaryl/α,β-unsaturated/α-hetero) is 1. The molecule has 0 aromatic heterocycles. The van der Waals surface area contributed by atoms with Gasteiger partial charge in [0.2, 0.25) is 5.91 Å². The Labute approximate surface area is 129 Å². The Morgan fingerprint density at radius 3 is 2.27 bits per heavy atom. The van der Waals surface area contributed by atoms with Crippen molar-refractivity contribution >= 4 is 11.7 Å². The van der Waals surface area contributed by atoms with Crippen molar-refractivity contribution in [3.63, 3.8) is 0 Å². The van der Waals surface area contributed by atoms with E-state index in [2.05, 4.69) is 5.32 Å². The Morgan fingerprint density at radius 2 is 1.59 bits per heavy atom. The number of nitrogens with one attached hydrogen (secondary N) is 1. The minimum absolute atomic E-state index is 0.128. The van der Waals surface area contributed by atoms with Gasteiger partial charge >= 0.3 is 0 Å². The quantitative estimate of drug-likeness (QED) is 0.798. The van der Waals surface area contributed by atoms with Gasteiger partial charge in [0.15, 0.2) is 5.78 Å². The van der Waals surface area contributed by atoms with Gasteiger partial charge in [-0.3, -0.25) is 9.59 Å². The molecule has 22 heavy (non-hydrogen) atoms. The summed E-state index contributed by atoms with van der Waals surface area (Å²) in [7, 11) is 0. The van der Waals surface area contributed by atoms with Gasteiger partial charge in [-0.05, 0) is 36.2 Å². The van der Waals surface area contributed by atoms with Crippen molar-refractivity contribution in [3.05, 3.63) is 71.5 Å². The van der Waals surface area contributed by atoms with Crippen LogP contribution in [0.2, 0.25) is 0 Å². The van der Waals surface area contributed by atoms with Crippen molar-refractivity contribution in [2.24, 2.45) is 0 Å². The van der Waals surface area contributed by atoms with Crippen LogP contribution in [0.15, 0.2) is 54.6 Å². The summed E-state index contributed by atoms with van der Waals surface area (Å²) < 4.78 is 12.8. The molecule has 0 radical (unpaired) electrons. The van der Waals surface area contributed by atoms with Crippen molar-refractivity contribution in [3.8, 4) is 0 Å². The third-order valence-electron chi connectivity index (χ3n) is 3.32. The van der Waals surface area contributed by atoms with Crippen molar-refractivity contribution < 1.29 is 14.0 Å². The second-order valence-corrected chi connectivity index (χ2v) is 5.02. The summed E-state index contributed by atoms with van der Waals surface area (Å²) in [5.41, 5.74) is 1.59. The number of carbonyl (C=O) groups excluding carboxylic acids is 2. The maximum Gasteiger partial charge on any atom is 0.220 e. The number of halogens is 1. The lowest BCUT2D eigenvalue weighted by Crippen LogP contribution is -2.26. The summed E-state index contributed by atoms with van der Waals surface area (Å²) in [5.74, 6) is -0.681. The molecule has 2 rings (SSSR count). The highest BCUT2D eigenvalue weighted by atomic mass is 19.1. The van der Waals surface area contributed by atoms with E-state index in [4.69, 9.17) is 0 Å². The van der Waals surface area contributed by atoms with Crippen LogP contribution in [0.25, 0.3) is 0 Å². The number of hydrogen-bond acceptors (Lipinski definition) is 2. The Balaban J connectivity index is 1.69. The van der Waals surface area contributed by atoms with E-state index in [1.807, 2.05) is 30.3 Å². The first kappa shape index (κ1) is 15.9. The fourth-order valence-corrected chi connectivity index (χ4v) is 2.09. The molecule has 114 valence electrons. The molecule has 0 saturated heterocycles. The van der Waals surface area contributed by atoms with Crippen LogP contribution in [0.5, 0.6) is 0 Å². The average Bonchev–Trinajstić information content (AvgIpc) is 2.54. The molecule has 0 spiro atoms. The third kappa shape index (κ3) is 5.13. The fraction of sp³-hybridized carbons (Fsp3) is 0.222. The highest BCUT2D eigenvalue weighted by Gasteiger charge is 2.09. The fourth-order valence-electron chi connectivity index (χ4n) is 2.09. The molecule has 3 nitrogen and oxygen atoms in total. The van der Waals surface area contributed by atoms with E-state index < -0.39 is 0 Å². The summed E-state index contributed by atoms with van der Waals surface area (Å²) in [6.07, 6.45) is 1.03. The zero-order valence-corrected chi connectivity index (χ0v) is 12.2. The van der Waals surface area contributed by atoms with Crippen molar-refractivity contribution in [1.82, 2.24) is 5.32 Å². The number of ketones is 1. The molecule has 0 fully saturated rings. The highest BCUT2D eigenvalue weighted by molar-refractivity contribution is 5.97. The largest absolute Gasteiger partial charge is 0.356 e. The number of rotatable bonds is 7. The highest BCUT2D eigenvalue weighted by Crippen LogP contribution is 2.07. The molecular weight excluding hydrogens is 281 g/mol. The van der Waals surface area contributed by atoms with Gasteiger partial charge in [-0.15, -0.1) is 0 Å². The van der Waals surface area contributed by atoms with Crippen LogP contribution in [-0.2, 0) is 11.2 Å². The molecule has 0 aliphatic heterocycles. The number of amides is 1. The SMILES string of the molecule is O=C(CCC(=O)c1ccc(F)cc1)NCCc1ccccc1. The smallest absolute Gasteiger partial charge is 0.220 e. The number of hydrogen-bond donors (Lipinski definition) is 1. The van der Waals surface area contributed by atoms with Crippen LogP contribution in [0, 0.1) is 5.82 Å². The van der Waals surface area contributed by atoms with E-state index in [9.17, 15) is 14.0 Å². The molecule has 0 heterocycles. The summed E-state index contributed by atoms with van der Waals surface area (Å²) in [4.78, 5) is 23.6. The van der Waals surface area contributed by atoms with Gasteiger partial charge in [-0.25, -0.2) is 4.39 Å². The molecule has 1 N–H and O–H groups in total. The minimum Gasteiger partial charge on any atom is -0.356 e. The van der Waals surface area contributed by atoms with E-state index in [-0.39, 0.29) is 30.3 Å². The first-order valence-electron chi connectivity index (χ1n) is 7.24. The van der Waals surface area contributed by atoms with Crippen molar-refractivity contribution in [2.45, 2.75) is 19.3 Å². The number of carbonyl (C=O) groups is 2.